The van der Waals surface area contributed by atoms with E-state index < -0.39 is 11.7 Å². The van der Waals surface area contributed by atoms with E-state index in [1.165, 1.54) is 0 Å². The molecule has 0 saturated heterocycles. The van der Waals surface area contributed by atoms with E-state index in [0.717, 1.165) is 23.5 Å². The van der Waals surface area contributed by atoms with Gasteiger partial charge in [-0.15, -0.1) is 0 Å². The second-order valence-electron chi connectivity index (χ2n) is 6.08. The predicted octanol–water partition coefficient (Wildman–Crippen LogP) is 1.70. The third-order valence-electron chi connectivity index (χ3n) is 2.86. The van der Waals surface area contributed by atoms with Crippen LogP contribution < -0.4 is 11.1 Å². The van der Waals surface area contributed by atoms with Crippen molar-refractivity contribution in [2.75, 3.05) is 12.3 Å². The van der Waals surface area contributed by atoms with Crippen molar-refractivity contribution in [3.63, 3.8) is 0 Å². The third-order valence-corrected chi connectivity index (χ3v) is 2.86. The van der Waals surface area contributed by atoms with Crippen molar-refractivity contribution >= 4 is 23.2 Å². The lowest BCUT2D eigenvalue weighted by Crippen LogP contribution is -2.33. The Morgan fingerprint density at radius 3 is 2.73 bits per heavy atom. The molecule has 0 unspecified atom stereocenters. The Bertz CT molecular complexity index is 674. The zero-order valence-electron chi connectivity index (χ0n) is 13.4. The van der Waals surface area contributed by atoms with E-state index in [9.17, 15) is 4.79 Å². The number of amides is 1. The fourth-order valence-electron chi connectivity index (χ4n) is 1.99. The smallest absolute Gasteiger partial charge is 0.407 e. The topological polar surface area (TPSA) is 119 Å². The number of aromatic nitrogens is 4. The van der Waals surface area contributed by atoms with Gasteiger partial charge in [-0.2, -0.15) is 4.98 Å². The number of nitrogen functional groups attached to an aromatic ring is 1. The minimum absolute atomic E-state index is 0.217. The molecule has 0 radical (unpaired) electrons. The number of carbonyl (C=O) groups excluding carboxylic acids is 1. The monoisotopic (exact) mass is 306 g/mol. The highest BCUT2D eigenvalue weighted by molar-refractivity contribution is 5.74. The molecule has 2 rings (SSSR count). The first-order valence-corrected chi connectivity index (χ1v) is 7.20. The molecule has 8 heteroatoms. The van der Waals surface area contributed by atoms with Gasteiger partial charge in [-0.1, -0.05) is 0 Å². The first-order chi connectivity index (χ1) is 10.2. The lowest BCUT2D eigenvalue weighted by atomic mass is 10.2. The minimum Gasteiger partial charge on any atom is -0.444 e. The average molecular weight is 306 g/mol. The Balaban J connectivity index is 1.85. The maximum absolute atomic E-state index is 11.5. The van der Waals surface area contributed by atoms with Crippen molar-refractivity contribution in [2.24, 2.45) is 0 Å². The van der Waals surface area contributed by atoms with Crippen molar-refractivity contribution in [3.8, 4) is 0 Å². The normalized spacial score (nSPS) is 11.6. The fraction of sp³-hybridized carbons (Fsp3) is 0.571. The van der Waals surface area contributed by atoms with Gasteiger partial charge in [-0.3, -0.25) is 0 Å². The number of nitrogens with two attached hydrogens (primary N) is 1. The Labute approximate surface area is 128 Å². The summed E-state index contributed by atoms with van der Waals surface area (Å²) in [4.78, 5) is 27.2. The second-order valence-corrected chi connectivity index (χ2v) is 6.08. The summed E-state index contributed by atoms with van der Waals surface area (Å²) in [6.45, 7) is 7.85. The van der Waals surface area contributed by atoms with Crippen molar-refractivity contribution < 1.29 is 9.53 Å². The lowest BCUT2D eigenvalue weighted by Gasteiger charge is -2.19. The van der Waals surface area contributed by atoms with Crippen LogP contribution in [-0.4, -0.2) is 38.2 Å². The maximum atomic E-state index is 11.5. The van der Waals surface area contributed by atoms with Crippen molar-refractivity contribution in [3.05, 3.63) is 11.5 Å². The summed E-state index contributed by atoms with van der Waals surface area (Å²) in [5, 5.41) is 2.71. The Kier molecular flexibility index (Phi) is 4.48. The average Bonchev–Trinajstić information content (AvgIpc) is 2.75. The SMILES string of the molecule is Cc1nc(N)nc2nc(CCCNC(=O)OC(C)(C)C)[nH]c12. The van der Waals surface area contributed by atoms with Crippen LogP contribution in [0.2, 0.25) is 0 Å². The number of hydrogen-bond donors (Lipinski definition) is 3. The molecule has 2 aromatic heterocycles. The molecule has 4 N–H and O–H groups in total. The molecule has 0 bridgehead atoms. The number of ether oxygens (including phenoxy) is 1. The van der Waals surface area contributed by atoms with Crippen molar-refractivity contribution in [1.29, 1.82) is 0 Å². The molecule has 0 aliphatic rings. The molecule has 22 heavy (non-hydrogen) atoms. The molecule has 0 aromatic carbocycles. The van der Waals surface area contributed by atoms with E-state index in [-0.39, 0.29) is 5.95 Å². The van der Waals surface area contributed by atoms with Gasteiger partial charge in [0.15, 0.2) is 5.65 Å². The molecule has 2 heterocycles. The van der Waals surface area contributed by atoms with Crippen LogP contribution in [0.5, 0.6) is 0 Å². The Hall–Kier alpha value is -2.38. The van der Waals surface area contributed by atoms with Gasteiger partial charge in [0.2, 0.25) is 5.95 Å². The second kappa shape index (κ2) is 6.17. The number of alkyl carbamates (subject to hydrolysis) is 1. The number of imidazole rings is 1. The molecule has 0 saturated carbocycles. The highest BCUT2D eigenvalue weighted by atomic mass is 16.6. The van der Waals surface area contributed by atoms with Gasteiger partial charge in [-0.25, -0.2) is 14.8 Å². The van der Waals surface area contributed by atoms with Crippen LogP contribution >= 0.6 is 0 Å². The number of fused-ring (bicyclic) bond motifs is 1. The summed E-state index contributed by atoms with van der Waals surface area (Å²) in [6.07, 6.45) is 1.01. The fourth-order valence-corrected chi connectivity index (χ4v) is 1.99. The van der Waals surface area contributed by atoms with Gasteiger partial charge >= 0.3 is 6.09 Å². The van der Waals surface area contributed by atoms with E-state index in [4.69, 9.17) is 10.5 Å². The van der Waals surface area contributed by atoms with Gasteiger partial charge < -0.3 is 20.8 Å². The predicted molar refractivity (Wildman–Crippen MR) is 83.4 cm³/mol. The van der Waals surface area contributed by atoms with Gasteiger partial charge in [0, 0.05) is 13.0 Å². The number of H-pyrrole nitrogens is 1. The van der Waals surface area contributed by atoms with Crippen molar-refractivity contribution in [1.82, 2.24) is 25.3 Å². The summed E-state index contributed by atoms with van der Waals surface area (Å²) in [7, 11) is 0. The molecular weight excluding hydrogens is 284 g/mol. The molecule has 120 valence electrons. The largest absolute Gasteiger partial charge is 0.444 e. The molecule has 0 aliphatic carbocycles. The number of anilines is 1. The Morgan fingerprint density at radius 1 is 1.32 bits per heavy atom. The molecule has 1 amide bonds. The summed E-state index contributed by atoms with van der Waals surface area (Å²) in [6, 6.07) is 0. The summed E-state index contributed by atoms with van der Waals surface area (Å²) in [5.74, 6) is 1.01. The highest BCUT2D eigenvalue weighted by Gasteiger charge is 2.15. The van der Waals surface area contributed by atoms with Crippen LogP contribution in [0, 0.1) is 6.92 Å². The number of nitrogens with zero attached hydrogens (tertiary/aromatic N) is 3. The van der Waals surface area contributed by atoms with E-state index in [2.05, 4.69) is 25.3 Å². The molecule has 0 atom stereocenters. The van der Waals surface area contributed by atoms with Gasteiger partial charge in [0.05, 0.1) is 5.69 Å². The summed E-state index contributed by atoms with van der Waals surface area (Å²) in [5.41, 5.74) is 7.25. The summed E-state index contributed by atoms with van der Waals surface area (Å²) >= 11 is 0. The Morgan fingerprint density at radius 2 is 2.05 bits per heavy atom. The van der Waals surface area contributed by atoms with E-state index in [0.29, 0.717) is 18.6 Å². The van der Waals surface area contributed by atoms with Crippen molar-refractivity contribution in [2.45, 2.75) is 46.1 Å². The van der Waals surface area contributed by atoms with E-state index in [1.807, 2.05) is 27.7 Å². The number of rotatable bonds is 4. The molecule has 2 aromatic rings. The maximum Gasteiger partial charge on any atom is 0.407 e. The van der Waals surface area contributed by atoms with Crippen LogP contribution in [0.25, 0.3) is 11.2 Å². The van der Waals surface area contributed by atoms with Gasteiger partial charge in [-0.05, 0) is 34.1 Å². The number of aromatic amines is 1. The minimum atomic E-state index is -0.487. The van der Waals surface area contributed by atoms with Crippen LogP contribution in [0.3, 0.4) is 0 Å². The zero-order valence-corrected chi connectivity index (χ0v) is 13.4. The standard InChI is InChI=1S/C14H22N6O2/c1-8-10-11(20-12(15)17-8)19-9(18-10)6-5-7-16-13(21)22-14(2,3)4/h5-7H2,1-4H3,(H,16,21)(H3,15,17,18,19,20). The lowest BCUT2D eigenvalue weighted by molar-refractivity contribution is 0.0527. The number of carbonyl (C=O) groups is 1. The first kappa shape index (κ1) is 16.0. The van der Waals surface area contributed by atoms with Crippen LogP contribution in [0.1, 0.15) is 38.7 Å². The molecule has 8 nitrogen and oxygen atoms in total. The molecule has 0 aliphatic heterocycles. The van der Waals surface area contributed by atoms with Gasteiger partial charge in [0.1, 0.15) is 16.9 Å². The zero-order chi connectivity index (χ0) is 16.3. The van der Waals surface area contributed by atoms with Crippen LogP contribution in [0.4, 0.5) is 10.7 Å². The molecular formula is C14H22N6O2. The quantitative estimate of drug-likeness (QED) is 0.740. The van der Waals surface area contributed by atoms with Crippen LogP contribution in [-0.2, 0) is 11.2 Å². The van der Waals surface area contributed by atoms with Gasteiger partial charge in [0.25, 0.3) is 0 Å². The van der Waals surface area contributed by atoms with E-state index in [1.54, 1.807) is 0 Å². The number of aryl methyl sites for hydroxylation is 2. The molecule has 0 fully saturated rings. The molecule has 0 spiro atoms. The number of hydrogen-bond acceptors (Lipinski definition) is 6. The highest BCUT2D eigenvalue weighted by Crippen LogP contribution is 2.14. The first-order valence-electron chi connectivity index (χ1n) is 7.20. The third kappa shape index (κ3) is 4.31. The summed E-state index contributed by atoms with van der Waals surface area (Å²) < 4.78 is 5.16. The number of nitrogens with one attached hydrogen (secondary N) is 2. The van der Waals surface area contributed by atoms with Crippen LogP contribution in [0.15, 0.2) is 0 Å². The van der Waals surface area contributed by atoms with E-state index >= 15 is 0 Å².